The van der Waals surface area contributed by atoms with Gasteiger partial charge in [-0.25, -0.2) is 0 Å². The smallest absolute Gasteiger partial charge is 0.179 e. The van der Waals surface area contributed by atoms with Crippen molar-refractivity contribution in [3.8, 4) is 11.5 Å². The standard InChI is InChI=1S/C18H28ClNO2/c1-12(2)15-13(18(11-20)8-6-5-7-9-18)10-14(21-3)17(22-4)16(15)19/h10,12H,5-9,11,20H2,1-4H3. The summed E-state index contributed by atoms with van der Waals surface area (Å²) in [7, 11) is 3.29. The van der Waals surface area contributed by atoms with Crippen LogP contribution in [0, 0.1) is 0 Å². The Morgan fingerprint density at radius 1 is 1.18 bits per heavy atom. The SMILES string of the molecule is COc1cc(C2(CN)CCCCC2)c(C(C)C)c(Cl)c1OC. The highest BCUT2D eigenvalue weighted by Gasteiger charge is 2.37. The van der Waals surface area contributed by atoms with E-state index < -0.39 is 0 Å². The van der Waals surface area contributed by atoms with Crippen LogP contribution < -0.4 is 15.2 Å². The first-order chi connectivity index (χ1) is 10.5. The molecule has 124 valence electrons. The fraction of sp³-hybridized carbons (Fsp3) is 0.667. The molecule has 1 saturated carbocycles. The molecule has 1 fully saturated rings. The number of hydrogen-bond donors (Lipinski definition) is 1. The van der Waals surface area contributed by atoms with Crippen molar-refractivity contribution in [3.05, 3.63) is 22.2 Å². The van der Waals surface area contributed by atoms with Crippen LogP contribution in [-0.4, -0.2) is 20.8 Å². The zero-order valence-electron chi connectivity index (χ0n) is 14.2. The summed E-state index contributed by atoms with van der Waals surface area (Å²) in [6.07, 6.45) is 5.98. The van der Waals surface area contributed by atoms with Crippen molar-refractivity contribution in [2.75, 3.05) is 20.8 Å². The third-order valence-corrected chi connectivity index (χ3v) is 5.37. The van der Waals surface area contributed by atoms with Gasteiger partial charge in [-0.15, -0.1) is 0 Å². The van der Waals surface area contributed by atoms with E-state index in [1.54, 1.807) is 14.2 Å². The Balaban J connectivity index is 2.69. The first-order valence-electron chi connectivity index (χ1n) is 8.15. The quantitative estimate of drug-likeness (QED) is 0.857. The lowest BCUT2D eigenvalue weighted by atomic mass is 9.67. The second kappa shape index (κ2) is 7.10. The van der Waals surface area contributed by atoms with Crippen LogP contribution in [0.4, 0.5) is 0 Å². The molecular weight excluding hydrogens is 298 g/mol. The number of nitrogens with two attached hydrogens (primary N) is 1. The summed E-state index contributed by atoms with van der Waals surface area (Å²) in [5, 5.41) is 0.672. The van der Waals surface area contributed by atoms with Gasteiger partial charge in [-0.05, 0) is 36.0 Å². The van der Waals surface area contributed by atoms with Gasteiger partial charge in [0.05, 0.1) is 19.2 Å². The van der Waals surface area contributed by atoms with E-state index >= 15 is 0 Å². The van der Waals surface area contributed by atoms with Gasteiger partial charge in [0.2, 0.25) is 0 Å². The van der Waals surface area contributed by atoms with Gasteiger partial charge in [0.15, 0.2) is 11.5 Å². The van der Waals surface area contributed by atoms with Crippen LogP contribution in [0.15, 0.2) is 6.07 Å². The highest BCUT2D eigenvalue weighted by Crippen LogP contribution is 2.49. The Morgan fingerprint density at radius 3 is 2.27 bits per heavy atom. The summed E-state index contributed by atoms with van der Waals surface area (Å²) in [5.41, 5.74) is 8.67. The van der Waals surface area contributed by atoms with Crippen molar-refractivity contribution in [1.29, 1.82) is 0 Å². The molecule has 0 atom stereocenters. The largest absolute Gasteiger partial charge is 0.493 e. The first kappa shape index (κ1) is 17.4. The van der Waals surface area contributed by atoms with Crippen LogP contribution >= 0.6 is 11.6 Å². The molecule has 1 aliphatic rings. The fourth-order valence-electron chi connectivity index (χ4n) is 3.78. The molecule has 3 nitrogen and oxygen atoms in total. The van der Waals surface area contributed by atoms with Gasteiger partial charge < -0.3 is 15.2 Å². The predicted molar refractivity (Wildman–Crippen MR) is 92.5 cm³/mol. The van der Waals surface area contributed by atoms with E-state index in [1.807, 2.05) is 0 Å². The van der Waals surface area contributed by atoms with E-state index in [9.17, 15) is 0 Å². The third kappa shape index (κ3) is 2.93. The molecule has 0 bridgehead atoms. The highest BCUT2D eigenvalue weighted by atomic mass is 35.5. The minimum Gasteiger partial charge on any atom is -0.493 e. The summed E-state index contributed by atoms with van der Waals surface area (Å²) < 4.78 is 11.0. The number of hydrogen-bond acceptors (Lipinski definition) is 3. The van der Waals surface area contributed by atoms with Crippen molar-refractivity contribution < 1.29 is 9.47 Å². The van der Waals surface area contributed by atoms with Crippen LogP contribution in [-0.2, 0) is 5.41 Å². The van der Waals surface area contributed by atoms with Gasteiger partial charge in [-0.3, -0.25) is 0 Å². The summed E-state index contributed by atoms with van der Waals surface area (Å²) in [6.45, 7) is 4.99. The first-order valence-corrected chi connectivity index (χ1v) is 8.53. The number of halogens is 1. The molecule has 22 heavy (non-hydrogen) atoms. The fourth-order valence-corrected chi connectivity index (χ4v) is 4.27. The van der Waals surface area contributed by atoms with Gasteiger partial charge in [0, 0.05) is 12.0 Å². The van der Waals surface area contributed by atoms with Crippen LogP contribution in [0.2, 0.25) is 5.02 Å². The van der Waals surface area contributed by atoms with Crippen LogP contribution in [0.1, 0.15) is 63.0 Å². The monoisotopic (exact) mass is 325 g/mol. The maximum Gasteiger partial charge on any atom is 0.179 e. The molecule has 2 rings (SSSR count). The van der Waals surface area contributed by atoms with Crippen molar-refractivity contribution in [3.63, 3.8) is 0 Å². The minimum absolute atomic E-state index is 0.0149. The molecule has 4 heteroatoms. The van der Waals surface area contributed by atoms with E-state index in [1.165, 1.54) is 24.8 Å². The van der Waals surface area contributed by atoms with E-state index in [2.05, 4.69) is 19.9 Å². The molecule has 1 aliphatic carbocycles. The lowest BCUT2D eigenvalue weighted by Crippen LogP contribution is -2.38. The Hall–Kier alpha value is -0.930. The maximum atomic E-state index is 6.69. The van der Waals surface area contributed by atoms with Crippen LogP contribution in [0.3, 0.4) is 0 Å². The summed E-state index contributed by atoms with van der Waals surface area (Å²) in [4.78, 5) is 0. The Morgan fingerprint density at radius 2 is 1.82 bits per heavy atom. The molecule has 1 aromatic rings. The molecule has 0 aliphatic heterocycles. The van der Waals surface area contributed by atoms with Gasteiger partial charge in [-0.2, -0.15) is 0 Å². The molecule has 0 amide bonds. The molecule has 2 N–H and O–H groups in total. The molecule has 0 spiro atoms. The van der Waals surface area contributed by atoms with Gasteiger partial charge >= 0.3 is 0 Å². The molecular formula is C18H28ClNO2. The van der Waals surface area contributed by atoms with Crippen LogP contribution in [0.25, 0.3) is 0 Å². The van der Waals surface area contributed by atoms with E-state index in [0.29, 0.717) is 29.0 Å². The Labute approximate surface area is 139 Å². The maximum absolute atomic E-state index is 6.69. The highest BCUT2D eigenvalue weighted by molar-refractivity contribution is 6.33. The number of rotatable bonds is 5. The average Bonchev–Trinajstić information content (AvgIpc) is 2.53. The van der Waals surface area contributed by atoms with Crippen LogP contribution in [0.5, 0.6) is 11.5 Å². The topological polar surface area (TPSA) is 44.5 Å². The summed E-state index contributed by atoms with van der Waals surface area (Å²) in [5.74, 6) is 1.64. The molecule has 1 aromatic carbocycles. The lowest BCUT2D eigenvalue weighted by Gasteiger charge is -2.39. The second-order valence-electron chi connectivity index (χ2n) is 6.59. The normalized spacial score (nSPS) is 17.6. The van der Waals surface area contributed by atoms with Gasteiger partial charge in [-0.1, -0.05) is 44.7 Å². The molecule has 0 unspecified atom stereocenters. The van der Waals surface area contributed by atoms with Crippen molar-refractivity contribution in [2.24, 2.45) is 5.73 Å². The Kier molecular flexibility index (Phi) is 5.62. The van der Waals surface area contributed by atoms with Gasteiger partial charge in [0.1, 0.15) is 0 Å². The molecule has 0 aromatic heterocycles. The summed E-state index contributed by atoms with van der Waals surface area (Å²) >= 11 is 6.69. The second-order valence-corrected chi connectivity index (χ2v) is 6.97. The third-order valence-electron chi connectivity index (χ3n) is 5.00. The number of benzene rings is 1. The van der Waals surface area contributed by atoms with E-state index in [-0.39, 0.29) is 5.41 Å². The zero-order chi connectivity index (χ0) is 16.3. The van der Waals surface area contributed by atoms with Gasteiger partial charge in [0.25, 0.3) is 0 Å². The zero-order valence-corrected chi connectivity index (χ0v) is 14.9. The minimum atomic E-state index is 0.0149. The molecule has 0 radical (unpaired) electrons. The molecule has 0 heterocycles. The number of methoxy groups -OCH3 is 2. The van der Waals surface area contributed by atoms with Crippen molar-refractivity contribution in [1.82, 2.24) is 0 Å². The van der Waals surface area contributed by atoms with E-state index in [0.717, 1.165) is 18.4 Å². The average molecular weight is 326 g/mol. The summed E-state index contributed by atoms with van der Waals surface area (Å²) in [6, 6.07) is 2.11. The Bertz CT molecular complexity index is 522. The lowest BCUT2D eigenvalue weighted by molar-refractivity contribution is 0.295. The van der Waals surface area contributed by atoms with Crippen molar-refractivity contribution in [2.45, 2.75) is 57.3 Å². The van der Waals surface area contributed by atoms with E-state index in [4.69, 9.17) is 26.8 Å². The molecule has 0 saturated heterocycles. The predicted octanol–water partition coefficient (Wildman–Crippen LogP) is 4.64. The van der Waals surface area contributed by atoms with Crippen molar-refractivity contribution >= 4 is 11.6 Å². The number of ether oxygens (including phenoxy) is 2.